The summed E-state index contributed by atoms with van der Waals surface area (Å²) in [5, 5.41) is 0. The summed E-state index contributed by atoms with van der Waals surface area (Å²) in [6, 6.07) is 18.4. The van der Waals surface area contributed by atoms with E-state index in [9.17, 15) is 0 Å². The highest BCUT2D eigenvalue weighted by molar-refractivity contribution is 7.81. The van der Waals surface area contributed by atoms with Gasteiger partial charge in [-0.05, 0) is 18.6 Å². The lowest BCUT2D eigenvalue weighted by Gasteiger charge is -2.22. The number of hydrogen-bond acceptors (Lipinski definition) is 1. The zero-order valence-electron chi connectivity index (χ0n) is 10.1. The fourth-order valence-corrected chi connectivity index (χ4v) is 2.06. The van der Waals surface area contributed by atoms with E-state index in [1.807, 2.05) is 49.5 Å². The van der Waals surface area contributed by atoms with E-state index in [4.69, 9.17) is 12.2 Å². The molecule has 0 unspecified atom stereocenters. The first-order chi connectivity index (χ1) is 8.20. The molecular formula is C15H15NS. The average molecular weight is 241 g/mol. The van der Waals surface area contributed by atoms with E-state index >= 15 is 0 Å². The number of rotatable bonds is 2. The molecule has 0 spiro atoms. The van der Waals surface area contributed by atoms with Crippen molar-refractivity contribution < 1.29 is 0 Å². The molecule has 0 aliphatic carbocycles. The molecule has 86 valence electrons. The average Bonchev–Trinajstić information content (AvgIpc) is 2.39. The van der Waals surface area contributed by atoms with Gasteiger partial charge in [0.25, 0.3) is 0 Å². The van der Waals surface area contributed by atoms with Crippen molar-refractivity contribution in [2.75, 3.05) is 11.9 Å². The van der Waals surface area contributed by atoms with E-state index in [1.165, 1.54) is 5.56 Å². The molecule has 17 heavy (non-hydrogen) atoms. The molecule has 0 saturated heterocycles. The molecule has 0 atom stereocenters. The summed E-state index contributed by atoms with van der Waals surface area (Å²) in [6.45, 7) is 2.10. The number of thiocarbonyl (C=S) groups is 1. The van der Waals surface area contributed by atoms with Crippen LogP contribution in [0.3, 0.4) is 0 Å². The minimum Gasteiger partial charge on any atom is -0.335 e. The summed E-state index contributed by atoms with van der Waals surface area (Å²) in [7, 11) is 2.01. The number of aryl methyl sites for hydroxylation is 1. The molecule has 2 rings (SSSR count). The van der Waals surface area contributed by atoms with E-state index in [0.29, 0.717) is 0 Å². The molecule has 2 aromatic rings. The van der Waals surface area contributed by atoms with E-state index in [2.05, 4.69) is 24.0 Å². The second-order valence-corrected chi connectivity index (χ2v) is 4.40. The molecule has 2 aromatic carbocycles. The first-order valence-corrected chi connectivity index (χ1v) is 5.99. The largest absolute Gasteiger partial charge is 0.335 e. The Bertz CT molecular complexity index is 519. The molecule has 2 heteroatoms. The molecule has 0 heterocycles. The maximum atomic E-state index is 5.51. The topological polar surface area (TPSA) is 3.24 Å². The minimum absolute atomic E-state index is 0.847. The van der Waals surface area contributed by atoms with Gasteiger partial charge in [0.1, 0.15) is 4.99 Å². The van der Waals surface area contributed by atoms with Gasteiger partial charge in [-0.2, -0.15) is 0 Å². The molecular weight excluding hydrogens is 226 g/mol. The summed E-state index contributed by atoms with van der Waals surface area (Å²) in [5.74, 6) is 0. The fourth-order valence-electron chi connectivity index (χ4n) is 1.82. The van der Waals surface area contributed by atoms with E-state index in [-0.39, 0.29) is 0 Å². The summed E-state index contributed by atoms with van der Waals surface area (Å²) in [4.78, 5) is 2.90. The van der Waals surface area contributed by atoms with Crippen molar-refractivity contribution >= 4 is 22.9 Å². The summed E-state index contributed by atoms with van der Waals surface area (Å²) >= 11 is 5.51. The molecule has 0 aliphatic rings. The maximum absolute atomic E-state index is 5.51. The van der Waals surface area contributed by atoms with Crippen molar-refractivity contribution in [1.29, 1.82) is 0 Å². The SMILES string of the molecule is Cc1ccccc1N(C)C(=S)c1ccccc1. The number of nitrogens with zero attached hydrogens (tertiary/aromatic N) is 1. The Morgan fingerprint density at radius 1 is 0.941 bits per heavy atom. The number of para-hydroxylation sites is 1. The Kier molecular flexibility index (Phi) is 3.55. The van der Waals surface area contributed by atoms with Crippen molar-refractivity contribution in [2.45, 2.75) is 6.92 Å². The molecule has 0 saturated carbocycles. The maximum Gasteiger partial charge on any atom is 0.113 e. The molecule has 0 bridgehead atoms. The number of benzene rings is 2. The van der Waals surface area contributed by atoms with Crippen LogP contribution in [0.25, 0.3) is 0 Å². The molecule has 1 nitrogen and oxygen atoms in total. The third kappa shape index (κ3) is 2.53. The predicted molar refractivity (Wildman–Crippen MR) is 77.7 cm³/mol. The van der Waals surface area contributed by atoms with Crippen molar-refractivity contribution in [1.82, 2.24) is 0 Å². The zero-order chi connectivity index (χ0) is 12.3. The highest BCUT2D eigenvalue weighted by Crippen LogP contribution is 2.20. The summed E-state index contributed by atoms with van der Waals surface area (Å²) in [6.07, 6.45) is 0. The normalized spacial score (nSPS) is 10.0. The Hall–Kier alpha value is -1.67. The van der Waals surface area contributed by atoms with Gasteiger partial charge < -0.3 is 4.90 Å². The quantitative estimate of drug-likeness (QED) is 0.736. The Labute approximate surface area is 108 Å². The van der Waals surface area contributed by atoms with Gasteiger partial charge in [0.2, 0.25) is 0 Å². The van der Waals surface area contributed by atoms with Crippen LogP contribution < -0.4 is 4.90 Å². The summed E-state index contributed by atoms with van der Waals surface area (Å²) in [5.41, 5.74) is 3.46. The van der Waals surface area contributed by atoms with Crippen LogP contribution in [0.5, 0.6) is 0 Å². The first kappa shape index (κ1) is 11.8. The van der Waals surface area contributed by atoms with Crippen LogP contribution in [0.2, 0.25) is 0 Å². The van der Waals surface area contributed by atoms with Crippen LogP contribution >= 0.6 is 12.2 Å². The van der Waals surface area contributed by atoms with Crippen LogP contribution in [0.15, 0.2) is 54.6 Å². The lowest BCUT2D eigenvalue weighted by Crippen LogP contribution is -2.25. The minimum atomic E-state index is 0.847. The van der Waals surface area contributed by atoms with Crippen molar-refractivity contribution in [2.24, 2.45) is 0 Å². The monoisotopic (exact) mass is 241 g/mol. The third-order valence-electron chi connectivity index (χ3n) is 2.80. The van der Waals surface area contributed by atoms with Crippen LogP contribution in [0.4, 0.5) is 5.69 Å². The molecule has 0 aromatic heterocycles. The fraction of sp³-hybridized carbons (Fsp3) is 0.133. The lowest BCUT2D eigenvalue weighted by molar-refractivity contribution is 1.25. The van der Waals surface area contributed by atoms with E-state index < -0.39 is 0 Å². The standard InChI is InChI=1S/C15H15NS/c1-12-8-6-7-11-14(12)16(2)15(17)13-9-4-3-5-10-13/h3-11H,1-2H3. The van der Waals surface area contributed by atoms with Gasteiger partial charge in [0, 0.05) is 18.3 Å². The number of anilines is 1. The first-order valence-electron chi connectivity index (χ1n) is 5.59. The second-order valence-electron chi connectivity index (χ2n) is 4.02. The van der Waals surface area contributed by atoms with Gasteiger partial charge in [-0.1, -0.05) is 60.7 Å². The van der Waals surface area contributed by atoms with Gasteiger partial charge in [-0.15, -0.1) is 0 Å². The molecule has 0 fully saturated rings. The van der Waals surface area contributed by atoms with Gasteiger partial charge in [0.05, 0.1) is 0 Å². The van der Waals surface area contributed by atoms with Crippen molar-refractivity contribution in [3.05, 3.63) is 65.7 Å². The van der Waals surface area contributed by atoms with Gasteiger partial charge in [-0.3, -0.25) is 0 Å². The number of hydrogen-bond donors (Lipinski definition) is 0. The van der Waals surface area contributed by atoms with Crippen LogP contribution in [-0.2, 0) is 0 Å². The second kappa shape index (κ2) is 5.11. The van der Waals surface area contributed by atoms with Crippen LogP contribution in [0.1, 0.15) is 11.1 Å². The van der Waals surface area contributed by atoms with Gasteiger partial charge in [0.15, 0.2) is 0 Å². The molecule has 0 N–H and O–H groups in total. The highest BCUT2D eigenvalue weighted by atomic mass is 32.1. The van der Waals surface area contributed by atoms with Crippen molar-refractivity contribution in [3.63, 3.8) is 0 Å². The third-order valence-corrected chi connectivity index (χ3v) is 3.31. The smallest absolute Gasteiger partial charge is 0.113 e. The zero-order valence-corrected chi connectivity index (χ0v) is 10.9. The summed E-state index contributed by atoms with van der Waals surface area (Å²) < 4.78 is 0. The predicted octanol–water partition coefficient (Wildman–Crippen LogP) is 3.81. The lowest BCUT2D eigenvalue weighted by atomic mass is 10.1. The molecule has 0 radical (unpaired) electrons. The van der Waals surface area contributed by atoms with Gasteiger partial charge >= 0.3 is 0 Å². The van der Waals surface area contributed by atoms with Crippen LogP contribution in [-0.4, -0.2) is 12.0 Å². The van der Waals surface area contributed by atoms with Crippen molar-refractivity contribution in [3.8, 4) is 0 Å². The molecule has 0 aliphatic heterocycles. The van der Waals surface area contributed by atoms with Crippen LogP contribution in [0, 0.1) is 6.92 Å². The Morgan fingerprint density at radius 2 is 1.53 bits per heavy atom. The molecule has 0 amide bonds. The Morgan fingerprint density at radius 3 is 2.18 bits per heavy atom. The Balaban J connectivity index is 2.30. The van der Waals surface area contributed by atoms with E-state index in [0.717, 1.165) is 16.2 Å². The van der Waals surface area contributed by atoms with Gasteiger partial charge in [-0.25, -0.2) is 0 Å². The van der Waals surface area contributed by atoms with E-state index in [1.54, 1.807) is 0 Å². The highest BCUT2D eigenvalue weighted by Gasteiger charge is 2.10.